The first-order chi connectivity index (χ1) is 11.2. The minimum Gasteiger partial charge on any atom is -0.480 e. The van der Waals surface area contributed by atoms with Crippen molar-refractivity contribution in [1.29, 1.82) is 0 Å². The van der Waals surface area contributed by atoms with Crippen molar-refractivity contribution in [2.24, 2.45) is 0 Å². The van der Waals surface area contributed by atoms with Gasteiger partial charge >= 0.3 is 0 Å². The van der Waals surface area contributed by atoms with Crippen LogP contribution in [0.2, 0.25) is 0 Å². The summed E-state index contributed by atoms with van der Waals surface area (Å²) < 4.78 is 5.46. The lowest BCUT2D eigenvalue weighted by atomic mass is 9.93. The Morgan fingerprint density at radius 2 is 2.04 bits per heavy atom. The molecule has 1 aliphatic rings. The number of ether oxygens (including phenoxy) is 1. The van der Waals surface area contributed by atoms with Crippen LogP contribution in [0, 0.1) is 0 Å². The molecule has 0 aromatic carbocycles. The van der Waals surface area contributed by atoms with Crippen LogP contribution in [0.25, 0.3) is 0 Å². The first-order valence-electron chi connectivity index (χ1n) is 7.79. The second-order valence-corrected chi connectivity index (χ2v) is 5.80. The largest absolute Gasteiger partial charge is 0.480 e. The van der Waals surface area contributed by atoms with Gasteiger partial charge in [0, 0.05) is 20.5 Å². The van der Waals surface area contributed by atoms with Gasteiger partial charge in [-0.1, -0.05) is 6.92 Å². The molecule has 0 bridgehead atoms. The van der Waals surface area contributed by atoms with E-state index in [9.17, 15) is 24.9 Å². The highest BCUT2D eigenvalue weighted by Gasteiger charge is 2.43. The van der Waals surface area contributed by atoms with Crippen LogP contribution in [0.1, 0.15) is 20.3 Å². The molecule has 5 N–H and O–H groups in total. The molecule has 0 saturated carbocycles. The van der Waals surface area contributed by atoms with E-state index in [0.29, 0.717) is 6.54 Å². The zero-order valence-corrected chi connectivity index (χ0v) is 14.0. The quantitative estimate of drug-likeness (QED) is 0.350. The smallest absolute Gasteiger partial charge is 0.288 e. The van der Waals surface area contributed by atoms with Gasteiger partial charge in [-0.2, -0.15) is 0 Å². The van der Waals surface area contributed by atoms with Gasteiger partial charge in [-0.05, 0) is 12.5 Å². The van der Waals surface area contributed by atoms with Crippen LogP contribution in [-0.4, -0.2) is 87.8 Å². The zero-order valence-electron chi connectivity index (χ0n) is 14.0. The van der Waals surface area contributed by atoms with Gasteiger partial charge in [0.25, 0.3) is 5.91 Å². The van der Waals surface area contributed by atoms with Gasteiger partial charge in [-0.3, -0.25) is 9.59 Å². The summed E-state index contributed by atoms with van der Waals surface area (Å²) in [7, 11) is 1.57. The third-order valence-electron chi connectivity index (χ3n) is 3.71. The van der Waals surface area contributed by atoms with Crippen LogP contribution >= 0.6 is 0 Å². The normalized spacial score (nSPS) is 26.0. The maximum atomic E-state index is 12.3. The van der Waals surface area contributed by atoms with Crippen LogP contribution in [0.3, 0.4) is 0 Å². The van der Waals surface area contributed by atoms with Gasteiger partial charge in [0.15, 0.2) is 11.9 Å². The summed E-state index contributed by atoms with van der Waals surface area (Å²) in [6, 6.07) is -1.08. The first-order valence-corrected chi connectivity index (χ1v) is 7.79. The van der Waals surface area contributed by atoms with Gasteiger partial charge in [-0.15, -0.1) is 0 Å². The Morgan fingerprint density at radius 1 is 1.42 bits per heavy atom. The van der Waals surface area contributed by atoms with Gasteiger partial charge < -0.3 is 35.4 Å². The summed E-state index contributed by atoms with van der Waals surface area (Å²) in [4.78, 5) is 25.0. The Bertz CT molecular complexity index is 482. The Morgan fingerprint density at radius 3 is 2.54 bits per heavy atom. The first kappa shape index (κ1) is 20.4. The molecule has 0 unspecified atom stereocenters. The molecule has 138 valence electrons. The maximum Gasteiger partial charge on any atom is 0.288 e. The zero-order chi connectivity index (χ0) is 18.4. The molecule has 1 heterocycles. The Kier molecular flexibility index (Phi) is 7.61. The molecule has 0 aromatic rings. The van der Waals surface area contributed by atoms with E-state index in [4.69, 9.17) is 9.84 Å². The molecule has 1 aliphatic heterocycles. The second-order valence-electron chi connectivity index (χ2n) is 5.80. The summed E-state index contributed by atoms with van der Waals surface area (Å²) in [6.45, 7) is 2.84. The summed E-state index contributed by atoms with van der Waals surface area (Å²) >= 11 is 0. The fourth-order valence-corrected chi connectivity index (χ4v) is 2.47. The van der Waals surface area contributed by atoms with Crippen molar-refractivity contribution >= 4 is 11.8 Å². The number of carbonyl (C=O) groups is 2. The number of hydrogen-bond donors (Lipinski definition) is 5. The van der Waals surface area contributed by atoms with E-state index in [1.807, 2.05) is 6.92 Å². The van der Waals surface area contributed by atoms with Crippen LogP contribution in [-0.2, 0) is 14.3 Å². The molecule has 1 rings (SSSR count). The summed E-state index contributed by atoms with van der Waals surface area (Å²) in [5.74, 6) is -1.16. The molecular weight excluding hydrogens is 320 g/mol. The van der Waals surface area contributed by atoms with E-state index >= 15 is 0 Å². The highest BCUT2D eigenvalue weighted by molar-refractivity contribution is 5.91. The van der Waals surface area contributed by atoms with E-state index in [0.717, 1.165) is 12.5 Å². The molecule has 0 spiro atoms. The number of nitrogens with one attached hydrogen (secondary N) is 1. The summed E-state index contributed by atoms with van der Waals surface area (Å²) in [5.41, 5.74) is 0. The van der Waals surface area contributed by atoms with Crippen LogP contribution in [0.5, 0.6) is 0 Å². The highest BCUT2D eigenvalue weighted by atomic mass is 16.5. The number of hydrogen-bond acceptors (Lipinski definition) is 7. The van der Waals surface area contributed by atoms with Crippen molar-refractivity contribution < 1.29 is 34.8 Å². The third kappa shape index (κ3) is 4.91. The monoisotopic (exact) mass is 346 g/mol. The molecule has 0 fully saturated rings. The standard InChI is InChI=1S/C15H26N2O7/c1-4-5-17(3)15(23)11-6-9(20)12(16-8(2)19)14(24-11)13(22)10(21)7-18/h6,9-10,12-14,18,20-22H,4-5,7H2,1-3H3,(H,16,19)/t9-,10+,12+,13+,14+/m0/s1. The van der Waals surface area contributed by atoms with Crippen molar-refractivity contribution in [3.63, 3.8) is 0 Å². The van der Waals surface area contributed by atoms with Crippen molar-refractivity contribution in [1.82, 2.24) is 10.2 Å². The molecular formula is C15H26N2O7. The van der Waals surface area contributed by atoms with Crippen LogP contribution < -0.4 is 5.32 Å². The van der Waals surface area contributed by atoms with Crippen molar-refractivity contribution in [3.8, 4) is 0 Å². The molecule has 9 heteroatoms. The van der Waals surface area contributed by atoms with E-state index < -0.39 is 48.9 Å². The predicted octanol–water partition coefficient (Wildman–Crippen LogP) is -2.28. The molecule has 5 atom stereocenters. The van der Waals surface area contributed by atoms with Gasteiger partial charge in [-0.25, -0.2) is 0 Å². The Balaban J connectivity index is 3.07. The van der Waals surface area contributed by atoms with Crippen LogP contribution in [0.4, 0.5) is 0 Å². The SMILES string of the molecule is CCCN(C)C(=O)C1=C[C@H](O)[C@@H](NC(C)=O)[C@H]([C@H](O)[C@H](O)CO)O1. The Labute approximate surface area is 140 Å². The van der Waals surface area contributed by atoms with Gasteiger partial charge in [0.05, 0.1) is 12.6 Å². The lowest BCUT2D eigenvalue weighted by molar-refractivity contribution is -0.144. The number of likely N-dealkylation sites (N-methyl/N-ethyl adjacent to an activating group) is 1. The minimum atomic E-state index is -1.62. The Hall–Kier alpha value is -1.68. The third-order valence-corrected chi connectivity index (χ3v) is 3.71. The molecule has 0 aromatic heterocycles. The average molecular weight is 346 g/mol. The molecule has 9 nitrogen and oxygen atoms in total. The minimum absolute atomic E-state index is 0.186. The molecule has 0 radical (unpaired) electrons. The number of carbonyl (C=O) groups excluding carboxylic acids is 2. The number of aliphatic hydroxyl groups excluding tert-OH is 4. The van der Waals surface area contributed by atoms with Gasteiger partial charge in [0.2, 0.25) is 5.91 Å². The maximum absolute atomic E-state index is 12.3. The number of amides is 2. The molecule has 2 amide bonds. The number of rotatable bonds is 7. The van der Waals surface area contributed by atoms with E-state index in [-0.39, 0.29) is 5.76 Å². The molecule has 24 heavy (non-hydrogen) atoms. The second kappa shape index (κ2) is 8.97. The predicted molar refractivity (Wildman–Crippen MR) is 83.6 cm³/mol. The molecule has 0 aliphatic carbocycles. The highest BCUT2D eigenvalue weighted by Crippen LogP contribution is 2.24. The van der Waals surface area contributed by atoms with Crippen LogP contribution in [0.15, 0.2) is 11.8 Å². The van der Waals surface area contributed by atoms with Crippen molar-refractivity contribution in [2.75, 3.05) is 20.2 Å². The van der Waals surface area contributed by atoms with Crippen molar-refractivity contribution in [2.45, 2.75) is 50.7 Å². The number of aliphatic hydroxyl groups is 4. The topological polar surface area (TPSA) is 140 Å². The molecule has 0 saturated heterocycles. The fraction of sp³-hybridized carbons (Fsp3) is 0.733. The van der Waals surface area contributed by atoms with Crippen molar-refractivity contribution in [3.05, 3.63) is 11.8 Å². The fourth-order valence-electron chi connectivity index (χ4n) is 2.47. The van der Waals surface area contributed by atoms with E-state index in [1.54, 1.807) is 7.05 Å². The summed E-state index contributed by atoms with van der Waals surface area (Å²) in [5, 5.41) is 41.4. The van der Waals surface area contributed by atoms with E-state index in [2.05, 4.69) is 5.32 Å². The summed E-state index contributed by atoms with van der Waals surface area (Å²) in [6.07, 6.45) is -3.89. The van der Waals surface area contributed by atoms with Gasteiger partial charge in [0.1, 0.15) is 18.3 Å². The lowest BCUT2D eigenvalue weighted by Gasteiger charge is -2.39. The number of nitrogens with zero attached hydrogens (tertiary/aromatic N) is 1. The van der Waals surface area contributed by atoms with E-state index in [1.165, 1.54) is 11.8 Å². The lowest BCUT2D eigenvalue weighted by Crippen LogP contribution is -2.60. The average Bonchev–Trinajstić information content (AvgIpc) is 2.54.